The molecule has 1 atom stereocenters. The summed E-state index contributed by atoms with van der Waals surface area (Å²) in [5, 5.41) is 3.55. The second-order valence-corrected chi connectivity index (χ2v) is 4.68. The van der Waals surface area contributed by atoms with E-state index >= 15 is 0 Å². The molecule has 1 N–H and O–H groups in total. The molecule has 1 aromatic rings. The van der Waals surface area contributed by atoms with Gasteiger partial charge in [-0.3, -0.25) is 0 Å². The zero-order valence-corrected chi connectivity index (χ0v) is 11.8. The normalized spacial score (nSPS) is 12.6. The minimum Gasteiger partial charge on any atom is -0.381 e. The molecule has 0 fully saturated rings. The highest BCUT2D eigenvalue weighted by Crippen LogP contribution is 2.07. The summed E-state index contributed by atoms with van der Waals surface area (Å²) in [5.74, 6) is 0. The van der Waals surface area contributed by atoms with Crippen LogP contribution in [0.3, 0.4) is 0 Å². The molecule has 0 aliphatic carbocycles. The van der Waals surface area contributed by atoms with Gasteiger partial charge in [0.05, 0.1) is 0 Å². The fourth-order valence-electron chi connectivity index (χ4n) is 2.09. The molecule has 1 unspecified atom stereocenters. The van der Waals surface area contributed by atoms with Gasteiger partial charge in [-0.1, -0.05) is 44.2 Å². The van der Waals surface area contributed by atoms with Gasteiger partial charge in [0.2, 0.25) is 0 Å². The van der Waals surface area contributed by atoms with Crippen molar-refractivity contribution in [1.29, 1.82) is 0 Å². The van der Waals surface area contributed by atoms with Crippen LogP contribution in [0.1, 0.15) is 38.7 Å². The van der Waals surface area contributed by atoms with E-state index in [2.05, 4.69) is 49.5 Å². The van der Waals surface area contributed by atoms with Crippen LogP contribution in [0, 0.1) is 0 Å². The van der Waals surface area contributed by atoms with Crippen molar-refractivity contribution in [1.82, 2.24) is 5.32 Å². The molecule has 1 aromatic carbocycles. The smallest absolute Gasteiger partial charge is 0.0480 e. The van der Waals surface area contributed by atoms with Crippen molar-refractivity contribution in [3.8, 4) is 0 Å². The molecule has 2 nitrogen and oxygen atoms in total. The lowest BCUT2D eigenvalue weighted by Gasteiger charge is -2.17. The number of hydrogen-bond acceptors (Lipinski definition) is 2. The standard InChI is InChI=1S/C16H27NO/c1-3-13-18-14-12-16(17-4-2)11-10-15-8-6-5-7-9-15/h5-9,16-17H,3-4,10-14H2,1-2H3. The zero-order chi connectivity index (χ0) is 13.1. The van der Waals surface area contributed by atoms with Gasteiger partial charge < -0.3 is 10.1 Å². The molecule has 0 aliphatic rings. The summed E-state index contributed by atoms with van der Waals surface area (Å²) < 4.78 is 5.57. The summed E-state index contributed by atoms with van der Waals surface area (Å²) in [6, 6.07) is 11.3. The molecular formula is C16H27NO. The lowest BCUT2D eigenvalue weighted by Crippen LogP contribution is -2.30. The van der Waals surface area contributed by atoms with E-state index in [9.17, 15) is 0 Å². The van der Waals surface area contributed by atoms with Crippen molar-refractivity contribution in [3.63, 3.8) is 0 Å². The topological polar surface area (TPSA) is 21.3 Å². The fourth-order valence-corrected chi connectivity index (χ4v) is 2.09. The van der Waals surface area contributed by atoms with Gasteiger partial charge in [-0.15, -0.1) is 0 Å². The van der Waals surface area contributed by atoms with E-state index < -0.39 is 0 Å². The predicted octanol–water partition coefficient (Wildman–Crippen LogP) is 3.41. The van der Waals surface area contributed by atoms with Crippen molar-refractivity contribution in [2.24, 2.45) is 0 Å². The highest BCUT2D eigenvalue weighted by Gasteiger charge is 2.07. The predicted molar refractivity (Wildman–Crippen MR) is 78.0 cm³/mol. The van der Waals surface area contributed by atoms with E-state index in [1.165, 1.54) is 12.0 Å². The third-order valence-electron chi connectivity index (χ3n) is 3.08. The van der Waals surface area contributed by atoms with Gasteiger partial charge >= 0.3 is 0 Å². The van der Waals surface area contributed by atoms with Crippen LogP contribution in [0.4, 0.5) is 0 Å². The van der Waals surface area contributed by atoms with Crippen molar-refractivity contribution >= 4 is 0 Å². The third kappa shape index (κ3) is 6.77. The Balaban J connectivity index is 2.24. The highest BCUT2D eigenvalue weighted by atomic mass is 16.5. The average Bonchev–Trinajstić information content (AvgIpc) is 2.42. The van der Waals surface area contributed by atoms with Crippen molar-refractivity contribution in [2.75, 3.05) is 19.8 Å². The van der Waals surface area contributed by atoms with E-state index in [1.54, 1.807) is 0 Å². The number of hydrogen-bond donors (Lipinski definition) is 1. The molecule has 2 heteroatoms. The molecule has 0 radical (unpaired) electrons. The Morgan fingerprint density at radius 1 is 1.06 bits per heavy atom. The van der Waals surface area contributed by atoms with Gasteiger partial charge in [-0.05, 0) is 37.8 Å². The first kappa shape index (κ1) is 15.2. The van der Waals surface area contributed by atoms with Gasteiger partial charge in [-0.25, -0.2) is 0 Å². The summed E-state index contributed by atoms with van der Waals surface area (Å²) in [5.41, 5.74) is 1.43. The van der Waals surface area contributed by atoms with Crippen LogP contribution < -0.4 is 5.32 Å². The third-order valence-corrected chi connectivity index (χ3v) is 3.08. The number of benzene rings is 1. The molecular weight excluding hydrogens is 222 g/mol. The van der Waals surface area contributed by atoms with E-state index in [4.69, 9.17) is 4.74 Å². The monoisotopic (exact) mass is 249 g/mol. The van der Waals surface area contributed by atoms with Gasteiger partial charge in [-0.2, -0.15) is 0 Å². The van der Waals surface area contributed by atoms with E-state index in [0.717, 1.165) is 39.0 Å². The summed E-state index contributed by atoms with van der Waals surface area (Å²) in [6.45, 7) is 7.12. The first-order valence-corrected chi connectivity index (χ1v) is 7.21. The lowest BCUT2D eigenvalue weighted by molar-refractivity contribution is 0.124. The number of rotatable bonds is 10. The summed E-state index contributed by atoms with van der Waals surface area (Å²) in [4.78, 5) is 0. The molecule has 0 heterocycles. The number of aryl methyl sites for hydroxylation is 1. The second-order valence-electron chi connectivity index (χ2n) is 4.68. The first-order chi connectivity index (χ1) is 8.86. The first-order valence-electron chi connectivity index (χ1n) is 7.21. The number of nitrogens with one attached hydrogen (secondary N) is 1. The Morgan fingerprint density at radius 2 is 1.83 bits per heavy atom. The van der Waals surface area contributed by atoms with Gasteiger partial charge in [0, 0.05) is 19.3 Å². The van der Waals surface area contributed by atoms with Crippen LogP contribution in [-0.2, 0) is 11.2 Å². The number of ether oxygens (including phenoxy) is 1. The summed E-state index contributed by atoms with van der Waals surface area (Å²) >= 11 is 0. The van der Waals surface area contributed by atoms with Crippen LogP contribution in [0.25, 0.3) is 0 Å². The minimum atomic E-state index is 0.576. The molecule has 0 saturated carbocycles. The maximum atomic E-state index is 5.57. The van der Waals surface area contributed by atoms with E-state index in [-0.39, 0.29) is 0 Å². The van der Waals surface area contributed by atoms with Crippen LogP contribution in [0.15, 0.2) is 30.3 Å². The van der Waals surface area contributed by atoms with Crippen LogP contribution in [0.2, 0.25) is 0 Å². The average molecular weight is 249 g/mol. The van der Waals surface area contributed by atoms with Crippen molar-refractivity contribution in [2.45, 2.75) is 45.6 Å². The molecule has 102 valence electrons. The van der Waals surface area contributed by atoms with Crippen LogP contribution >= 0.6 is 0 Å². The van der Waals surface area contributed by atoms with Crippen molar-refractivity contribution < 1.29 is 4.74 Å². The highest BCUT2D eigenvalue weighted by molar-refractivity contribution is 5.14. The van der Waals surface area contributed by atoms with E-state index in [0.29, 0.717) is 6.04 Å². The second kappa shape index (κ2) is 10.1. The minimum absolute atomic E-state index is 0.576. The van der Waals surface area contributed by atoms with Crippen LogP contribution in [0.5, 0.6) is 0 Å². The quantitative estimate of drug-likeness (QED) is 0.642. The maximum Gasteiger partial charge on any atom is 0.0480 e. The van der Waals surface area contributed by atoms with Gasteiger partial charge in [0.1, 0.15) is 0 Å². The van der Waals surface area contributed by atoms with Crippen LogP contribution in [-0.4, -0.2) is 25.8 Å². The summed E-state index contributed by atoms with van der Waals surface area (Å²) in [6.07, 6.45) is 4.55. The van der Waals surface area contributed by atoms with Gasteiger partial charge in [0.15, 0.2) is 0 Å². The molecule has 0 aromatic heterocycles. The molecule has 0 saturated heterocycles. The zero-order valence-electron chi connectivity index (χ0n) is 11.8. The fraction of sp³-hybridized carbons (Fsp3) is 0.625. The Labute approximate surface area is 112 Å². The Kier molecular flexibility index (Phi) is 8.53. The van der Waals surface area contributed by atoms with Crippen molar-refractivity contribution in [3.05, 3.63) is 35.9 Å². The van der Waals surface area contributed by atoms with E-state index in [1.807, 2.05) is 0 Å². The maximum absolute atomic E-state index is 5.57. The Morgan fingerprint density at radius 3 is 2.50 bits per heavy atom. The molecule has 18 heavy (non-hydrogen) atoms. The van der Waals surface area contributed by atoms with Gasteiger partial charge in [0.25, 0.3) is 0 Å². The molecule has 0 amide bonds. The molecule has 0 spiro atoms. The summed E-state index contributed by atoms with van der Waals surface area (Å²) in [7, 11) is 0. The SMILES string of the molecule is CCCOCCC(CCc1ccccc1)NCC. The lowest BCUT2D eigenvalue weighted by atomic mass is 10.0. The Hall–Kier alpha value is -0.860. The molecule has 1 rings (SSSR count). The Bertz CT molecular complexity index is 286. The molecule has 0 aliphatic heterocycles. The molecule has 0 bridgehead atoms. The largest absolute Gasteiger partial charge is 0.381 e.